The number of thiophene rings is 1. The smallest absolute Gasteiger partial charge is 0.298 e. The van der Waals surface area contributed by atoms with E-state index in [2.05, 4.69) is 26.6 Å². The van der Waals surface area contributed by atoms with Gasteiger partial charge in [-0.25, -0.2) is 0 Å². The van der Waals surface area contributed by atoms with Crippen molar-refractivity contribution in [3.05, 3.63) is 10.4 Å². The summed E-state index contributed by atoms with van der Waals surface area (Å²) in [6.07, 6.45) is 0. The molecule has 1 heterocycles. The fraction of sp³-hybridized carbons (Fsp3) is 0.500. The third-order valence-electron chi connectivity index (χ3n) is 2.18. The zero-order valence-corrected chi connectivity index (χ0v) is 11.1. The number of hydrogen-bond acceptors (Lipinski definition) is 3. The largest absolute Gasteiger partial charge is 0.428 e. The molecule has 0 unspecified atom stereocenters. The van der Waals surface area contributed by atoms with Gasteiger partial charge in [0.2, 0.25) is 0 Å². The maximum atomic E-state index is 10.4. The molecule has 0 saturated carbocycles. The lowest BCUT2D eigenvalue weighted by molar-refractivity contribution is -0.120. The lowest BCUT2D eigenvalue weighted by atomic mass is 10.3. The van der Waals surface area contributed by atoms with Gasteiger partial charge >= 0.3 is 0 Å². The third-order valence-corrected chi connectivity index (χ3v) is 6.91. The Balaban J connectivity index is 3.29. The van der Waals surface area contributed by atoms with E-state index in [4.69, 9.17) is 4.74 Å². The average Bonchev–Trinajstić information content (AvgIpc) is 2.32. The van der Waals surface area contributed by atoms with Crippen LogP contribution >= 0.6 is 11.3 Å². The highest BCUT2D eigenvalue weighted by Crippen LogP contribution is 2.28. The first kappa shape index (κ1) is 11.5. The number of aryl methyl sites for hydroxylation is 1. The molecule has 14 heavy (non-hydrogen) atoms. The average molecular weight is 228 g/mol. The Morgan fingerprint density at radius 3 is 2.29 bits per heavy atom. The number of carbonyl (C=O) groups is 1. The maximum Gasteiger partial charge on any atom is 0.298 e. The molecule has 0 aliphatic carbocycles. The number of carbonyl (C=O) groups excluding carboxylic acids is 1. The van der Waals surface area contributed by atoms with Crippen LogP contribution in [0.2, 0.25) is 19.6 Å². The first-order valence-electron chi connectivity index (χ1n) is 4.58. The molecule has 0 aromatic carbocycles. The molecule has 0 aliphatic heterocycles. The van der Waals surface area contributed by atoms with E-state index in [0.717, 1.165) is 11.3 Å². The van der Waals surface area contributed by atoms with Crippen molar-refractivity contribution in [3.8, 4) is 5.75 Å². The quantitative estimate of drug-likeness (QED) is 0.587. The molecular formula is C10H16O2SSi. The molecule has 0 saturated heterocycles. The van der Waals surface area contributed by atoms with Crippen molar-refractivity contribution >= 4 is 30.4 Å². The third kappa shape index (κ3) is 2.07. The van der Waals surface area contributed by atoms with Crippen molar-refractivity contribution in [2.75, 3.05) is 0 Å². The van der Waals surface area contributed by atoms with E-state index in [1.165, 1.54) is 9.38 Å². The molecule has 1 aromatic heterocycles. The first-order chi connectivity index (χ1) is 6.38. The van der Waals surface area contributed by atoms with Gasteiger partial charge in [0, 0.05) is 14.9 Å². The van der Waals surface area contributed by atoms with Crippen LogP contribution in [-0.4, -0.2) is 14.5 Å². The van der Waals surface area contributed by atoms with Gasteiger partial charge in [0.05, 0.1) is 8.07 Å². The summed E-state index contributed by atoms with van der Waals surface area (Å²) in [4.78, 5) is 11.7. The van der Waals surface area contributed by atoms with E-state index in [9.17, 15) is 4.79 Å². The Bertz CT molecular complexity index is 350. The molecule has 0 bridgehead atoms. The van der Waals surface area contributed by atoms with Crippen molar-refractivity contribution in [2.24, 2.45) is 0 Å². The second kappa shape index (κ2) is 3.86. The van der Waals surface area contributed by atoms with Gasteiger partial charge in [-0.1, -0.05) is 19.6 Å². The molecule has 0 amide bonds. The topological polar surface area (TPSA) is 26.3 Å². The van der Waals surface area contributed by atoms with Crippen molar-refractivity contribution in [3.63, 3.8) is 0 Å². The van der Waals surface area contributed by atoms with E-state index in [0.29, 0.717) is 6.47 Å². The predicted molar refractivity (Wildman–Crippen MR) is 63.5 cm³/mol. The highest BCUT2D eigenvalue weighted by molar-refractivity contribution is 7.27. The van der Waals surface area contributed by atoms with Gasteiger partial charge in [0.25, 0.3) is 6.47 Å². The van der Waals surface area contributed by atoms with Crippen molar-refractivity contribution in [2.45, 2.75) is 33.5 Å². The van der Waals surface area contributed by atoms with Gasteiger partial charge in [0.1, 0.15) is 5.75 Å². The van der Waals surface area contributed by atoms with Crippen molar-refractivity contribution < 1.29 is 9.53 Å². The molecule has 0 spiro atoms. The molecular weight excluding hydrogens is 212 g/mol. The Kier molecular flexibility index (Phi) is 3.16. The predicted octanol–water partition coefficient (Wildman–Crippen LogP) is 2.45. The maximum absolute atomic E-state index is 10.4. The number of hydrogen-bond donors (Lipinski definition) is 0. The molecule has 0 fully saturated rings. The summed E-state index contributed by atoms with van der Waals surface area (Å²) in [7, 11) is -1.39. The minimum absolute atomic E-state index is 0.526. The van der Waals surface area contributed by atoms with E-state index in [1.54, 1.807) is 11.3 Å². The fourth-order valence-electron chi connectivity index (χ4n) is 1.29. The summed E-state index contributed by atoms with van der Waals surface area (Å²) in [6.45, 7) is 11.4. The molecule has 0 aliphatic rings. The molecule has 2 nitrogen and oxygen atoms in total. The monoisotopic (exact) mass is 228 g/mol. The molecule has 0 N–H and O–H groups in total. The second-order valence-electron chi connectivity index (χ2n) is 4.41. The summed E-state index contributed by atoms with van der Waals surface area (Å²) < 4.78 is 6.36. The van der Waals surface area contributed by atoms with Crippen molar-refractivity contribution in [1.29, 1.82) is 0 Å². The summed E-state index contributed by atoms with van der Waals surface area (Å²) in [5.74, 6) is 0.807. The molecule has 1 rings (SSSR count). The van der Waals surface area contributed by atoms with E-state index in [-0.39, 0.29) is 0 Å². The summed E-state index contributed by atoms with van der Waals surface area (Å²) in [6, 6.07) is 0. The van der Waals surface area contributed by atoms with Crippen LogP contribution in [0.5, 0.6) is 5.75 Å². The van der Waals surface area contributed by atoms with Gasteiger partial charge < -0.3 is 4.74 Å². The highest BCUT2D eigenvalue weighted by atomic mass is 32.1. The zero-order valence-electron chi connectivity index (χ0n) is 9.30. The van der Waals surface area contributed by atoms with Crippen LogP contribution in [0.1, 0.15) is 10.4 Å². The Morgan fingerprint density at radius 2 is 1.86 bits per heavy atom. The van der Waals surface area contributed by atoms with Gasteiger partial charge in [-0.15, -0.1) is 11.3 Å². The number of ether oxygens (including phenoxy) is 1. The van der Waals surface area contributed by atoms with E-state index < -0.39 is 8.07 Å². The molecule has 1 aromatic rings. The van der Waals surface area contributed by atoms with Crippen LogP contribution < -0.4 is 9.24 Å². The summed E-state index contributed by atoms with van der Waals surface area (Å²) in [5, 5.41) is 0. The van der Waals surface area contributed by atoms with Crippen LogP contribution in [0.4, 0.5) is 0 Å². The van der Waals surface area contributed by atoms with Crippen LogP contribution in [0, 0.1) is 13.8 Å². The van der Waals surface area contributed by atoms with E-state index >= 15 is 0 Å². The zero-order chi connectivity index (χ0) is 10.9. The van der Waals surface area contributed by atoms with Gasteiger partial charge in [-0.2, -0.15) is 0 Å². The molecule has 4 heteroatoms. The Hall–Kier alpha value is -0.613. The van der Waals surface area contributed by atoms with Crippen LogP contribution in [-0.2, 0) is 4.79 Å². The second-order valence-corrected chi connectivity index (χ2v) is 11.0. The van der Waals surface area contributed by atoms with Gasteiger partial charge in [-0.05, 0) is 13.8 Å². The van der Waals surface area contributed by atoms with Gasteiger partial charge in [0.15, 0.2) is 0 Å². The van der Waals surface area contributed by atoms with Crippen LogP contribution in [0.3, 0.4) is 0 Å². The van der Waals surface area contributed by atoms with Crippen LogP contribution in [0.15, 0.2) is 0 Å². The molecule has 0 atom stereocenters. The lowest BCUT2D eigenvalue weighted by Crippen LogP contribution is -2.36. The highest BCUT2D eigenvalue weighted by Gasteiger charge is 2.26. The minimum atomic E-state index is -1.39. The number of rotatable bonds is 3. The SMILES string of the molecule is Cc1sc([Si](C)(C)C)c(OC=O)c1C. The fourth-order valence-corrected chi connectivity index (χ4v) is 4.75. The first-order valence-corrected chi connectivity index (χ1v) is 8.90. The van der Waals surface area contributed by atoms with Gasteiger partial charge in [-0.3, -0.25) is 4.79 Å². The van der Waals surface area contributed by atoms with Crippen LogP contribution in [0.25, 0.3) is 0 Å². The standard InChI is InChI=1S/C10H16O2SSi/c1-7-8(2)13-10(14(3,4)5)9(7)12-6-11/h6H,1-5H3. The van der Waals surface area contributed by atoms with E-state index in [1.807, 2.05) is 6.92 Å². The lowest BCUT2D eigenvalue weighted by Gasteiger charge is -2.15. The molecule has 0 radical (unpaired) electrons. The summed E-state index contributed by atoms with van der Waals surface area (Å²) in [5.41, 5.74) is 1.11. The minimum Gasteiger partial charge on any atom is -0.428 e. The Morgan fingerprint density at radius 1 is 1.29 bits per heavy atom. The summed E-state index contributed by atoms with van der Waals surface area (Å²) >= 11 is 1.77. The normalized spacial score (nSPS) is 11.5. The van der Waals surface area contributed by atoms with Crippen molar-refractivity contribution in [1.82, 2.24) is 0 Å². The Labute approximate surface area is 89.9 Å². The molecule has 78 valence electrons.